The van der Waals surface area contributed by atoms with Crippen molar-refractivity contribution in [2.45, 2.75) is 13.5 Å². The van der Waals surface area contributed by atoms with Gasteiger partial charge < -0.3 is 20.2 Å². The zero-order chi connectivity index (χ0) is 16.3. The van der Waals surface area contributed by atoms with E-state index in [0.717, 1.165) is 0 Å². The van der Waals surface area contributed by atoms with E-state index in [1.807, 2.05) is 0 Å². The second-order valence-corrected chi connectivity index (χ2v) is 4.80. The topological polar surface area (TPSA) is 99.3 Å². The van der Waals surface area contributed by atoms with Crippen LogP contribution in [-0.4, -0.2) is 27.7 Å². The second-order valence-electron chi connectivity index (χ2n) is 4.42. The normalized spacial score (nSPS) is 10.3. The molecule has 9 heteroatoms. The molecule has 0 radical (unpaired) electrons. The maximum absolute atomic E-state index is 12.0. The monoisotopic (exact) mass is 324 g/mol. The fourth-order valence-electron chi connectivity index (χ4n) is 1.82. The molecule has 0 aliphatic carbocycles. The number of rotatable bonds is 5. The zero-order valence-electron chi connectivity index (χ0n) is 11.9. The Kier molecular flexibility index (Phi) is 4.62. The third kappa shape index (κ3) is 3.34. The van der Waals surface area contributed by atoms with E-state index >= 15 is 0 Å². The van der Waals surface area contributed by atoms with E-state index in [-0.39, 0.29) is 17.5 Å². The number of ether oxygens (including phenoxy) is 1. The molecule has 116 valence electrons. The molecule has 0 saturated heterocycles. The van der Waals surface area contributed by atoms with Gasteiger partial charge in [0.2, 0.25) is 5.91 Å². The van der Waals surface area contributed by atoms with Crippen LogP contribution in [0.25, 0.3) is 0 Å². The first-order chi connectivity index (χ1) is 10.4. The Labute approximate surface area is 130 Å². The van der Waals surface area contributed by atoms with Gasteiger partial charge in [0.15, 0.2) is 5.02 Å². The van der Waals surface area contributed by atoms with Crippen LogP contribution in [0.1, 0.15) is 5.69 Å². The Morgan fingerprint density at radius 1 is 1.55 bits per heavy atom. The van der Waals surface area contributed by atoms with Crippen molar-refractivity contribution in [3.8, 4) is 5.75 Å². The number of halogens is 1. The van der Waals surface area contributed by atoms with E-state index in [4.69, 9.17) is 16.3 Å². The van der Waals surface area contributed by atoms with Crippen LogP contribution in [0, 0.1) is 17.0 Å². The van der Waals surface area contributed by atoms with Crippen LogP contribution in [0.2, 0.25) is 5.02 Å². The number of nitrogens with zero attached hydrogens (tertiary/aromatic N) is 3. The predicted octanol–water partition coefficient (Wildman–Crippen LogP) is 2.40. The highest BCUT2D eigenvalue weighted by atomic mass is 35.5. The van der Waals surface area contributed by atoms with Crippen LogP contribution < -0.4 is 10.1 Å². The number of methoxy groups -OCH3 is 1. The average molecular weight is 325 g/mol. The van der Waals surface area contributed by atoms with Crippen molar-refractivity contribution in [2.75, 3.05) is 12.4 Å². The molecule has 8 nitrogen and oxygen atoms in total. The van der Waals surface area contributed by atoms with Crippen LogP contribution in [0.3, 0.4) is 0 Å². The third-order valence-electron chi connectivity index (χ3n) is 2.94. The van der Waals surface area contributed by atoms with E-state index in [9.17, 15) is 14.9 Å². The number of hydrogen-bond donors (Lipinski definition) is 1. The molecule has 0 bridgehead atoms. The lowest BCUT2D eigenvalue weighted by atomic mass is 10.3. The van der Waals surface area contributed by atoms with Crippen molar-refractivity contribution in [1.29, 1.82) is 0 Å². The largest absolute Gasteiger partial charge is 0.497 e. The lowest BCUT2D eigenvalue weighted by Gasteiger charge is -2.06. The van der Waals surface area contributed by atoms with E-state index in [1.165, 1.54) is 11.8 Å². The lowest BCUT2D eigenvalue weighted by molar-refractivity contribution is -0.389. The van der Waals surface area contributed by atoms with E-state index in [1.54, 1.807) is 31.2 Å². The summed E-state index contributed by atoms with van der Waals surface area (Å²) in [5.41, 5.74) is 0.906. The van der Waals surface area contributed by atoms with Gasteiger partial charge in [-0.1, -0.05) is 17.7 Å². The number of amides is 1. The summed E-state index contributed by atoms with van der Waals surface area (Å²) in [6.45, 7) is 1.37. The number of aromatic nitrogens is 2. The van der Waals surface area contributed by atoms with E-state index in [2.05, 4.69) is 10.4 Å². The van der Waals surface area contributed by atoms with Gasteiger partial charge in [0.1, 0.15) is 12.3 Å². The maximum atomic E-state index is 12.0. The SMILES string of the molecule is COc1cccc(NC(=O)Cn2nc([N+](=O)[O-])c(Cl)c2C)c1. The molecular weight excluding hydrogens is 312 g/mol. The summed E-state index contributed by atoms with van der Waals surface area (Å²) in [7, 11) is 1.52. The molecule has 0 spiro atoms. The summed E-state index contributed by atoms with van der Waals surface area (Å²) in [4.78, 5) is 22.1. The minimum atomic E-state index is -0.689. The van der Waals surface area contributed by atoms with Gasteiger partial charge in [-0.15, -0.1) is 0 Å². The van der Waals surface area contributed by atoms with Crippen LogP contribution >= 0.6 is 11.6 Å². The molecule has 2 rings (SSSR count). The molecule has 0 unspecified atom stereocenters. The van der Waals surface area contributed by atoms with Crippen LogP contribution in [0.15, 0.2) is 24.3 Å². The molecule has 1 heterocycles. The summed E-state index contributed by atoms with van der Waals surface area (Å²) in [5.74, 6) is -0.245. The van der Waals surface area contributed by atoms with Crippen molar-refractivity contribution in [1.82, 2.24) is 9.78 Å². The Bertz CT molecular complexity index is 729. The molecule has 1 aromatic carbocycles. The molecule has 22 heavy (non-hydrogen) atoms. The predicted molar refractivity (Wildman–Crippen MR) is 80.3 cm³/mol. The van der Waals surface area contributed by atoms with Crippen molar-refractivity contribution in [3.05, 3.63) is 45.1 Å². The molecule has 0 aliphatic heterocycles. The maximum Gasteiger partial charge on any atom is 0.408 e. The molecular formula is C13H13ClN4O4. The third-order valence-corrected chi connectivity index (χ3v) is 3.38. The average Bonchev–Trinajstić information content (AvgIpc) is 2.76. The molecule has 1 amide bonds. The Balaban J connectivity index is 2.12. The summed E-state index contributed by atoms with van der Waals surface area (Å²) < 4.78 is 6.25. The minimum absolute atomic E-state index is 0.0702. The number of carbonyl (C=O) groups is 1. The Morgan fingerprint density at radius 3 is 2.86 bits per heavy atom. The first-order valence-corrected chi connectivity index (χ1v) is 6.61. The van der Waals surface area contributed by atoms with Gasteiger partial charge in [0.05, 0.1) is 17.9 Å². The van der Waals surface area contributed by atoms with Gasteiger partial charge in [-0.25, -0.2) is 0 Å². The highest BCUT2D eigenvalue weighted by molar-refractivity contribution is 6.33. The minimum Gasteiger partial charge on any atom is -0.497 e. The van der Waals surface area contributed by atoms with Crippen LogP contribution in [0.5, 0.6) is 5.75 Å². The Morgan fingerprint density at radius 2 is 2.27 bits per heavy atom. The zero-order valence-corrected chi connectivity index (χ0v) is 12.6. The van der Waals surface area contributed by atoms with Gasteiger partial charge in [0, 0.05) is 11.8 Å². The molecule has 2 aromatic rings. The van der Waals surface area contributed by atoms with Crippen molar-refractivity contribution >= 4 is 29.0 Å². The standard InChI is InChI=1S/C13H13ClN4O4/c1-8-12(14)13(18(20)21)16-17(8)7-11(19)15-9-4-3-5-10(6-9)22-2/h3-6H,7H2,1-2H3,(H,15,19). The number of nitrogens with one attached hydrogen (secondary N) is 1. The van der Waals surface area contributed by atoms with E-state index in [0.29, 0.717) is 17.1 Å². The molecule has 0 saturated carbocycles. The molecule has 0 atom stereocenters. The first-order valence-electron chi connectivity index (χ1n) is 6.23. The van der Waals surface area contributed by atoms with Crippen molar-refractivity contribution < 1.29 is 14.5 Å². The number of nitro groups is 1. The highest BCUT2D eigenvalue weighted by Crippen LogP contribution is 2.26. The van der Waals surface area contributed by atoms with Gasteiger partial charge in [0.25, 0.3) is 0 Å². The Hall–Kier alpha value is -2.61. The molecule has 0 aliphatic rings. The quantitative estimate of drug-likeness (QED) is 0.672. The summed E-state index contributed by atoms with van der Waals surface area (Å²) in [5, 5.41) is 17.1. The summed E-state index contributed by atoms with van der Waals surface area (Å²) in [6.07, 6.45) is 0. The van der Waals surface area contributed by atoms with Crippen LogP contribution in [0.4, 0.5) is 11.5 Å². The summed E-state index contributed by atoms with van der Waals surface area (Å²) >= 11 is 5.82. The summed E-state index contributed by atoms with van der Waals surface area (Å²) in [6, 6.07) is 6.83. The number of benzene rings is 1. The van der Waals surface area contributed by atoms with Gasteiger partial charge in [-0.2, -0.15) is 4.68 Å². The van der Waals surface area contributed by atoms with Gasteiger partial charge in [-0.3, -0.25) is 4.79 Å². The first kappa shape index (κ1) is 15.8. The van der Waals surface area contributed by atoms with Crippen molar-refractivity contribution in [3.63, 3.8) is 0 Å². The number of anilines is 1. The second kappa shape index (κ2) is 6.44. The smallest absolute Gasteiger partial charge is 0.408 e. The number of carbonyl (C=O) groups excluding carboxylic acids is 1. The highest BCUT2D eigenvalue weighted by Gasteiger charge is 2.24. The fraction of sp³-hybridized carbons (Fsp3) is 0.231. The molecule has 0 fully saturated rings. The van der Waals surface area contributed by atoms with Crippen LogP contribution in [-0.2, 0) is 11.3 Å². The van der Waals surface area contributed by atoms with E-state index < -0.39 is 10.7 Å². The lowest BCUT2D eigenvalue weighted by Crippen LogP contribution is -2.20. The number of hydrogen-bond acceptors (Lipinski definition) is 5. The fourth-order valence-corrected chi connectivity index (χ4v) is 2.02. The van der Waals surface area contributed by atoms with Gasteiger partial charge >= 0.3 is 5.82 Å². The van der Waals surface area contributed by atoms with Crippen molar-refractivity contribution in [2.24, 2.45) is 0 Å². The van der Waals surface area contributed by atoms with Gasteiger partial charge in [-0.05, 0) is 24.0 Å². The molecule has 1 aromatic heterocycles. The molecule has 1 N–H and O–H groups in total.